The first-order valence-electron chi connectivity index (χ1n) is 5.27. The quantitative estimate of drug-likeness (QED) is 0.892. The Morgan fingerprint density at radius 3 is 2.56 bits per heavy atom. The van der Waals surface area contributed by atoms with Crippen molar-refractivity contribution in [2.75, 3.05) is 5.32 Å². The number of aromatic carboxylic acids is 1. The normalized spacial score (nSPS) is 10.1. The molecule has 0 aliphatic carbocycles. The number of hydrogen-bond acceptors (Lipinski definition) is 3. The molecule has 0 saturated heterocycles. The Hall–Kier alpha value is -2.14. The fraction of sp³-hybridized carbons (Fsp3) is 0.0769. The van der Waals surface area contributed by atoms with Crippen molar-refractivity contribution in [3.8, 4) is 0 Å². The smallest absolute Gasteiger partial charge is 0.337 e. The van der Waals surface area contributed by atoms with Crippen LogP contribution in [0.3, 0.4) is 0 Å². The molecule has 0 spiro atoms. The zero-order valence-electron chi connectivity index (χ0n) is 9.64. The molecular weight excluding hydrogens is 250 g/mol. The van der Waals surface area contributed by atoms with Gasteiger partial charge in [0.2, 0.25) is 0 Å². The van der Waals surface area contributed by atoms with E-state index in [0.29, 0.717) is 10.6 Å². The SMILES string of the molecule is Cc1ccsc1C(=O)Nc1ccccc1C(=O)O. The van der Waals surface area contributed by atoms with Crippen molar-refractivity contribution in [1.82, 2.24) is 0 Å². The molecule has 1 aromatic carbocycles. The van der Waals surface area contributed by atoms with Crippen LogP contribution in [0.5, 0.6) is 0 Å². The molecule has 2 rings (SSSR count). The monoisotopic (exact) mass is 261 g/mol. The van der Waals surface area contributed by atoms with Crippen molar-refractivity contribution < 1.29 is 14.7 Å². The fourth-order valence-electron chi connectivity index (χ4n) is 1.56. The van der Waals surface area contributed by atoms with Crippen LogP contribution in [0.2, 0.25) is 0 Å². The number of benzene rings is 1. The summed E-state index contributed by atoms with van der Waals surface area (Å²) in [5.74, 6) is -1.34. The fourth-order valence-corrected chi connectivity index (χ4v) is 2.38. The maximum Gasteiger partial charge on any atom is 0.337 e. The zero-order valence-corrected chi connectivity index (χ0v) is 10.5. The van der Waals surface area contributed by atoms with Gasteiger partial charge in [-0.3, -0.25) is 4.79 Å². The van der Waals surface area contributed by atoms with E-state index >= 15 is 0 Å². The molecule has 0 radical (unpaired) electrons. The predicted molar refractivity (Wildman–Crippen MR) is 70.4 cm³/mol. The number of carbonyl (C=O) groups is 2. The Morgan fingerprint density at radius 2 is 1.94 bits per heavy atom. The van der Waals surface area contributed by atoms with Gasteiger partial charge in [-0.1, -0.05) is 12.1 Å². The van der Waals surface area contributed by atoms with Crippen molar-refractivity contribution in [2.45, 2.75) is 6.92 Å². The predicted octanol–water partition coefficient (Wildman–Crippen LogP) is 3.01. The molecule has 0 aliphatic heterocycles. The van der Waals surface area contributed by atoms with Gasteiger partial charge in [0.1, 0.15) is 0 Å². The Kier molecular flexibility index (Phi) is 3.43. The molecule has 1 amide bonds. The van der Waals surface area contributed by atoms with Crippen molar-refractivity contribution in [2.24, 2.45) is 0 Å². The highest BCUT2D eigenvalue weighted by Crippen LogP contribution is 2.20. The van der Waals surface area contributed by atoms with E-state index < -0.39 is 5.97 Å². The highest BCUT2D eigenvalue weighted by Gasteiger charge is 2.14. The molecule has 2 aromatic rings. The molecule has 0 unspecified atom stereocenters. The molecule has 0 saturated carbocycles. The number of carbonyl (C=O) groups excluding carboxylic acids is 1. The van der Waals surface area contributed by atoms with Crippen LogP contribution in [-0.4, -0.2) is 17.0 Å². The molecule has 4 nitrogen and oxygen atoms in total. The van der Waals surface area contributed by atoms with Crippen LogP contribution in [0.15, 0.2) is 35.7 Å². The van der Waals surface area contributed by atoms with Gasteiger partial charge in [0.15, 0.2) is 0 Å². The van der Waals surface area contributed by atoms with Gasteiger partial charge >= 0.3 is 5.97 Å². The van der Waals surface area contributed by atoms with E-state index in [1.54, 1.807) is 18.2 Å². The Morgan fingerprint density at radius 1 is 1.22 bits per heavy atom. The third-order valence-corrected chi connectivity index (χ3v) is 3.49. The van der Waals surface area contributed by atoms with Gasteiger partial charge in [-0.25, -0.2) is 4.79 Å². The number of carboxylic acids is 1. The lowest BCUT2D eigenvalue weighted by Gasteiger charge is -2.07. The second kappa shape index (κ2) is 5.01. The highest BCUT2D eigenvalue weighted by atomic mass is 32.1. The second-order valence-corrected chi connectivity index (χ2v) is 4.65. The standard InChI is InChI=1S/C13H11NO3S/c1-8-6-7-18-11(8)12(15)14-10-5-3-2-4-9(10)13(16)17/h2-7H,1H3,(H,14,15)(H,16,17). The summed E-state index contributed by atoms with van der Waals surface area (Å²) in [6, 6.07) is 8.19. The third-order valence-electron chi connectivity index (χ3n) is 2.47. The van der Waals surface area contributed by atoms with E-state index in [-0.39, 0.29) is 11.5 Å². The first-order valence-corrected chi connectivity index (χ1v) is 6.15. The van der Waals surface area contributed by atoms with Gasteiger partial charge in [0, 0.05) is 0 Å². The number of hydrogen-bond donors (Lipinski definition) is 2. The number of aryl methyl sites for hydroxylation is 1. The first-order chi connectivity index (χ1) is 8.59. The highest BCUT2D eigenvalue weighted by molar-refractivity contribution is 7.12. The van der Waals surface area contributed by atoms with Crippen molar-refractivity contribution in [3.63, 3.8) is 0 Å². The van der Waals surface area contributed by atoms with E-state index in [0.717, 1.165) is 5.56 Å². The second-order valence-electron chi connectivity index (χ2n) is 3.74. The molecule has 1 heterocycles. The molecular formula is C13H11NO3S. The molecule has 0 fully saturated rings. The largest absolute Gasteiger partial charge is 0.478 e. The minimum absolute atomic E-state index is 0.0834. The van der Waals surface area contributed by atoms with Crippen LogP contribution in [0.25, 0.3) is 0 Å². The number of rotatable bonds is 3. The number of nitrogens with one attached hydrogen (secondary N) is 1. The van der Waals surface area contributed by atoms with Gasteiger partial charge in [-0.05, 0) is 36.1 Å². The molecule has 0 aliphatic rings. The minimum atomic E-state index is -1.06. The van der Waals surface area contributed by atoms with Crippen LogP contribution < -0.4 is 5.32 Å². The lowest BCUT2D eigenvalue weighted by atomic mass is 10.1. The summed E-state index contributed by atoms with van der Waals surface area (Å²) in [6.07, 6.45) is 0. The number of anilines is 1. The van der Waals surface area contributed by atoms with Gasteiger partial charge in [-0.2, -0.15) is 0 Å². The van der Waals surface area contributed by atoms with Gasteiger partial charge in [0.05, 0.1) is 16.1 Å². The van der Waals surface area contributed by atoms with Crippen LogP contribution in [0, 0.1) is 6.92 Å². The molecule has 5 heteroatoms. The molecule has 0 atom stereocenters. The molecule has 2 N–H and O–H groups in total. The zero-order chi connectivity index (χ0) is 13.1. The average Bonchev–Trinajstić information content (AvgIpc) is 2.76. The maximum absolute atomic E-state index is 12.0. The number of para-hydroxylation sites is 1. The minimum Gasteiger partial charge on any atom is -0.478 e. The topological polar surface area (TPSA) is 66.4 Å². The summed E-state index contributed by atoms with van der Waals surface area (Å²) in [4.78, 5) is 23.6. The number of thiophene rings is 1. The van der Waals surface area contributed by atoms with Crippen LogP contribution in [0.4, 0.5) is 5.69 Å². The number of carboxylic acid groups (broad SMARTS) is 1. The van der Waals surface area contributed by atoms with Crippen molar-refractivity contribution >= 4 is 28.9 Å². The van der Waals surface area contributed by atoms with E-state index in [2.05, 4.69) is 5.32 Å². The Bertz CT molecular complexity index is 604. The van der Waals surface area contributed by atoms with Gasteiger partial charge < -0.3 is 10.4 Å². The molecule has 92 valence electrons. The maximum atomic E-state index is 12.0. The summed E-state index contributed by atoms with van der Waals surface area (Å²) in [5, 5.41) is 13.5. The van der Waals surface area contributed by atoms with Gasteiger partial charge in [-0.15, -0.1) is 11.3 Å². The van der Waals surface area contributed by atoms with Crippen LogP contribution >= 0.6 is 11.3 Å². The number of amides is 1. The van der Waals surface area contributed by atoms with E-state index in [4.69, 9.17) is 5.11 Å². The third kappa shape index (κ3) is 2.41. The lowest BCUT2D eigenvalue weighted by Crippen LogP contribution is -2.14. The average molecular weight is 261 g/mol. The molecule has 0 bridgehead atoms. The van der Waals surface area contributed by atoms with Crippen LogP contribution in [-0.2, 0) is 0 Å². The van der Waals surface area contributed by atoms with Crippen molar-refractivity contribution in [1.29, 1.82) is 0 Å². The van der Waals surface area contributed by atoms with Gasteiger partial charge in [0.25, 0.3) is 5.91 Å². The summed E-state index contributed by atoms with van der Waals surface area (Å²) < 4.78 is 0. The first kappa shape index (κ1) is 12.3. The summed E-state index contributed by atoms with van der Waals surface area (Å²) in [5.41, 5.74) is 1.27. The summed E-state index contributed by atoms with van der Waals surface area (Å²) in [7, 11) is 0. The van der Waals surface area contributed by atoms with E-state index in [1.165, 1.54) is 17.4 Å². The Balaban J connectivity index is 2.28. The Labute approximate surface area is 108 Å². The van der Waals surface area contributed by atoms with E-state index in [9.17, 15) is 9.59 Å². The molecule has 18 heavy (non-hydrogen) atoms. The molecule has 1 aromatic heterocycles. The summed E-state index contributed by atoms with van der Waals surface area (Å²) in [6.45, 7) is 1.84. The van der Waals surface area contributed by atoms with Crippen LogP contribution in [0.1, 0.15) is 25.6 Å². The van der Waals surface area contributed by atoms with Crippen molar-refractivity contribution in [3.05, 3.63) is 51.7 Å². The lowest BCUT2D eigenvalue weighted by molar-refractivity contribution is 0.0698. The van der Waals surface area contributed by atoms with E-state index in [1.807, 2.05) is 18.4 Å². The summed E-state index contributed by atoms with van der Waals surface area (Å²) >= 11 is 1.33.